The van der Waals surface area contributed by atoms with E-state index >= 15 is 0 Å². The van der Waals surface area contributed by atoms with E-state index in [0.29, 0.717) is 6.42 Å². The van der Waals surface area contributed by atoms with Gasteiger partial charge in [-0.2, -0.15) is 8.42 Å². The Bertz CT molecular complexity index is 307. The molecule has 0 amide bonds. The second-order valence-corrected chi connectivity index (χ2v) is 4.23. The van der Waals surface area contributed by atoms with Crippen LogP contribution in [0, 0.1) is 5.41 Å². The number of esters is 1. The molecule has 13 heavy (non-hydrogen) atoms. The fourth-order valence-corrected chi connectivity index (χ4v) is 1.39. The van der Waals surface area contributed by atoms with Gasteiger partial charge < -0.3 is 4.74 Å². The van der Waals surface area contributed by atoms with Crippen molar-refractivity contribution in [3.05, 3.63) is 0 Å². The monoisotopic (exact) mass is 210 g/mol. The first-order chi connectivity index (χ1) is 5.83. The summed E-state index contributed by atoms with van der Waals surface area (Å²) in [6.45, 7) is 1.39. The molecule has 0 spiro atoms. The Kier molecular flexibility index (Phi) is 2.60. The zero-order valence-electron chi connectivity index (χ0n) is 7.02. The van der Waals surface area contributed by atoms with Crippen LogP contribution in [0.3, 0.4) is 0 Å². The van der Waals surface area contributed by atoms with Crippen LogP contribution in [0.5, 0.6) is 0 Å². The molecule has 1 aliphatic heterocycles. The van der Waals surface area contributed by atoms with Gasteiger partial charge in [-0.1, -0.05) is 0 Å². The molecule has 1 atom stereocenters. The number of hydrogen-bond acceptors (Lipinski definition) is 5. The first-order valence-corrected chi connectivity index (χ1v) is 4.99. The summed E-state index contributed by atoms with van der Waals surface area (Å²) in [5.74, 6) is -0.504. The van der Waals surface area contributed by atoms with Crippen molar-refractivity contribution < 1.29 is 26.7 Å². The van der Waals surface area contributed by atoms with Gasteiger partial charge in [0.05, 0.1) is 18.6 Å². The molecule has 0 bridgehead atoms. The summed E-state index contributed by atoms with van der Waals surface area (Å²) in [6, 6.07) is 0. The highest BCUT2D eigenvalue weighted by Gasteiger charge is 2.41. The van der Waals surface area contributed by atoms with Crippen LogP contribution in [0.25, 0.3) is 0 Å². The topological polar surface area (TPSA) is 89.9 Å². The van der Waals surface area contributed by atoms with Crippen LogP contribution >= 0.6 is 0 Å². The third-order valence-corrected chi connectivity index (χ3v) is 2.32. The molecule has 1 heterocycles. The van der Waals surface area contributed by atoms with Crippen molar-refractivity contribution in [2.75, 3.05) is 13.2 Å². The minimum absolute atomic E-state index is 0.254. The lowest BCUT2D eigenvalue weighted by Gasteiger charge is -2.16. The van der Waals surface area contributed by atoms with Crippen molar-refractivity contribution in [1.82, 2.24) is 0 Å². The Morgan fingerprint density at radius 2 is 2.31 bits per heavy atom. The van der Waals surface area contributed by atoms with Crippen LogP contribution in [0.4, 0.5) is 0 Å². The van der Waals surface area contributed by atoms with Crippen LogP contribution in [0.15, 0.2) is 0 Å². The largest absolute Gasteiger partial charge is 0.465 e. The predicted octanol–water partition coefficient (Wildman–Crippen LogP) is -0.241. The van der Waals surface area contributed by atoms with Gasteiger partial charge in [0, 0.05) is 0 Å². The molecule has 1 saturated heterocycles. The maximum absolute atomic E-state index is 11.0. The maximum atomic E-state index is 11.0. The van der Waals surface area contributed by atoms with Crippen molar-refractivity contribution in [1.29, 1.82) is 0 Å². The summed E-state index contributed by atoms with van der Waals surface area (Å²) in [6.07, 6.45) is 0.390. The van der Waals surface area contributed by atoms with E-state index in [0.717, 1.165) is 0 Å². The van der Waals surface area contributed by atoms with E-state index in [1.165, 1.54) is 6.92 Å². The van der Waals surface area contributed by atoms with Crippen LogP contribution in [-0.2, 0) is 24.1 Å². The zero-order valence-corrected chi connectivity index (χ0v) is 7.83. The standard InChI is InChI=1S/C6H10O6S/c1-6(2-3-11-5(6)7)4-12-13(8,9)10/h2-4H2,1H3,(H,8,9,10)/t6-/m0/s1. The summed E-state index contributed by atoms with van der Waals surface area (Å²) in [7, 11) is -4.48. The van der Waals surface area contributed by atoms with Gasteiger partial charge in [-0.3, -0.25) is 9.35 Å². The highest BCUT2D eigenvalue weighted by atomic mass is 32.3. The van der Waals surface area contributed by atoms with Gasteiger partial charge in [0.2, 0.25) is 0 Å². The molecule has 1 rings (SSSR count). The fraction of sp³-hybridized carbons (Fsp3) is 0.833. The molecule has 0 saturated carbocycles. The summed E-state index contributed by atoms with van der Waals surface area (Å²) in [5, 5.41) is 0. The van der Waals surface area contributed by atoms with E-state index in [1.54, 1.807) is 0 Å². The molecule has 0 aromatic heterocycles. The second-order valence-electron chi connectivity index (χ2n) is 3.14. The lowest BCUT2D eigenvalue weighted by molar-refractivity contribution is -0.146. The van der Waals surface area contributed by atoms with Crippen molar-refractivity contribution in [2.45, 2.75) is 13.3 Å². The molecular formula is C6H10O6S. The van der Waals surface area contributed by atoms with Crippen molar-refractivity contribution in [2.24, 2.45) is 5.41 Å². The molecule has 1 aliphatic rings. The summed E-state index contributed by atoms with van der Waals surface area (Å²) in [5.41, 5.74) is -0.962. The van der Waals surface area contributed by atoms with Gasteiger partial charge in [0.15, 0.2) is 0 Å². The van der Waals surface area contributed by atoms with E-state index in [-0.39, 0.29) is 13.2 Å². The van der Waals surface area contributed by atoms with Gasteiger partial charge in [0.1, 0.15) is 0 Å². The smallest absolute Gasteiger partial charge is 0.397 e. The van der Waals surface area contributed by atoms with Crippen LogP contribution < -0.4 is 0 Å². The number of hydrogen-bond donors (Lipinski definition) is 1. The van der Waals surface area contributed by atoms with Gasteiger partial charge in [-0.25, -0.2) is 4.18 Å². The van der Waals surface area contributed by atoms with Crippen molar-refractivity contribution >= 4 is 16.4 Å². The molecule has 1 fully saturated rings. The van der Waals surface area contributed by atoms with Gasteiger partial charge in [0.25, 0.3) is 0 Å². The Morgan fingerprint density at radius 1 is 1.69 bits per heavy atom. The Balaban J connectivity index is 2.58. The number of ether oxygens (including phenoxy) is 1. The molecule has 0 aromatic rings. The van der Waals surface area contributed by atoms with Crippen molar-refractivity contribution in [3.8, 4) is 0 Å². The molecule has 6 nitrogen and oxygen atoms in total. The lowest BCUT2D eigenvalue weighted by atomic mass is 9.91. The van der Waals surface area contributed by atoms with E-state index < -0.39 is 21.8 Å². The molecule has 1 N–H and O–H groups in total. The van der Waals surface area contributed by atoms with E-state index in [2.05, 4.69) is 8.92 Å². The van der Waals surface area contributed by atoms with Crippen LogP contribution in [0.2, 0.25) is 0 Å². The number of cyclic esters (lactones) is 1. The number of carbonyl (C=O) groups excluding carboxylic acids is 1. The van der Waals surface area contributed by atoms with Crippen LogP contribution in [-0.4, -0.2) is 32.2 Å². The molecule has 0 radical (unpaired) electrons. The Labute approximate surface area is 75.8 Å². The summed E-state index contributed by atoms with van der Waals surface area (Å²) < 4.78 is 37.5. The average Bonchev–Trinajstić information content (AvgIpc) is 2.29. The predicted molar refractivity (Wildman–Crippen MR) is 41.2 cm³/mol. The molecule has 0 unspecified atom stereocenters. The van der Waals surface area contributed by atoms with Crippen LogP contribution in [0.1, 0.15) is 13.3 Å². The Hall–Kier alpha value is -0.660. The summed E-state index contributed by atoms with van der Waals surface area (Å²) in [4.78, 5) is 11.0. The van der Waals surface area contributed by atoms with Gasteiger partial charge in [-0.05, 0) is 13.3 Å². The molecular weight excluding hydrogens is 200 g/mol. The van der Waals surface area contributed by atoms with Gasteiger partial charge in [-0.15, -0.1) is 0 Å². The minimum atomic E-state index is -4.48. The van der Waals surface area contributed by atoms with E-state index in [4.69, 9.17) is 4.55 Å². The van der Waals surface area contributed by atoms with E-state index in [1.807, 2.05) is 0 Å². The summed E-state index contributed by atoms with van der Waals surface area (Å²) >= 11 is 0. The first kappa shape index (κ1) is 10.4. The zero-order chi connectivity index (χ0) is 10.1. The molecule has 0 aromatic carbocycles. The fourth-order valence-electron chi connectivity index (χ4n) is 0.981. The van der Waals surface area contributed by atoms with E-state index in [9.17, 15) is 13.2 Å². The molecule has 0 aliphatic carbocycles. The Morgan fingerprint density at radius 3 is 2.69 bits per heavy atom. The average molecular weight is 210 g/mol. The first-order valence-electron chi connectivity index (χ1n) is 3.63. The highest BCUT2D eigenvalue weighted by molar-refractivity contribution is 7.80. The lowest BCUT2D eigenvalue weighted by Crippen LogP contribution is -2.29. The van der Waals surface area contributed by atoms with Gasteiger partial charge >= 0.3 is 16.4 Å². The third-order valence-electron chi connectivity index (χ3n) is 1.91. The highest BCUT2D eigenvalue weighted by Crippen LogP contribution is 2.29. The maximum Gasteiger partial charge on any atom is 0.397 e. The SMILES string of the molecule is C[C@@]1(COS(=O)(=O)O)CCOC1=O. The molecule has 7 heteroatoms. The molecule has 76 valence electrons. The quantitative estimate of drug-likeness (QED) is 0.510. The number of rotatable bonds is 3. The van der Waals surface area contributed by atoms with Crippen molar-refractivity contribution in [3.63, 3.8) is 0 Å². The second kappa shape index (κ2) is 3.24. The third kappa shape index (κ3) is 2.64. The minimum Gasteiger partial charge on any atom is -0.465 e. The number of carbonyl (C=O) groups is 1. The normalized spacial score (nSPS) is 28.9.